The molecular weight excluding hydrogens is 188 g/mol. The Morgan fingerprint density at radius 2 is 2.13 bits per heavy atom. The van der Waals surface area contributed by atoms with Gasteiger partial charge in [0, 0.05) is 24.8 Å². The van der Waals surface area contributed by atoms with Crippen molar-refractivity contribution in [1.82, 2.24) is 20.3 Å². The van der Waals surface area contributed by atoms with Crippen molar-refractivity contribution in [2.45, 2.75) is 59.2 Å². The molecule has 15 heavy (non-hydrogen) atoms. The highest BCUT2D eigenvalue weighted by Crippen LogP contribution is 2.02. The highest BCUT2D eigenvalue weighted by molar-refractivity contribution is 4.92. The van der Waals surface area contributed by atoms with Gasteiger partial charge in [-0.3, -0.25) is 4.68 Å². The van der Waals surface area contributed by atoms with Crippen LogP contribution in [0.3, 0.4) is 0 Å². The third kappa shape index (κ3) is 4.93. The summed E-state index contributed by atoms with van der Waals surface area (Å²) in [6, 6.07) is 0. The van der Waals surface area contributed by atoms with Gasteiger partial charge < -0.3 is 5.32 Å². The Kier molecular flexibility index (Phi) is 4.27. The van der Waals surface area contributed by atoms with Gasteiger partial charge in [0.15, 0.2) is 0 Å². The van der Waals surface area contributed by atoms with Gasteiger partial charge in [0.1, 0.15) is 0 Å². The van der Waals surface area contributed by atoms with Gasteiger partial charge in [-0.15, -0.1) is 5.10 Å². The van der Waals surface area contributed by atoms with Gasteiger partial charge in [-0.2, -0.15) is 0 Å². The molecule has 0 unspecified atom stereocenters. The molecule has 4 nitrogen and oxygen atoms in total. The van der Waals surface area contributed by atoms with Crippen molar-refractivity contribution < 1.29 is 0 Å². The Hall–Kier alpha value is -0.900. The van der Waals surface area contributed by atoms with Crippen LogP contribution in [-0.2, 0) is 13.1 Å². The molecule has 0 spiro atoms. The molecule has 1 N–H and O–H groups in total. The number of hydrogen-bond acceptors (Lipinski definition) is 3. The molecule has 0 aromatic carbocycles. The smallest absolute Gasteiger partial charge is 0.0965 e. The molecule has 0 aliphatic rings. The average molecular weight is 210 g/mol. The maximum absolute atomic E-state index is 4.12. The van der Waals surface area contributed by atoms with Crippen LogP contribution in [0, 0.1) is 0 Å². The molecule has 1 heterocycles. The topological polar surface area (TPSA) is 42.7 Å². The van der Waals surface area contributed by atoms with Gasteiger partial charge >= 0.3 is 0 Å². The zero-order valence-electron chi connectivity index (χ0n) is 10.2. The second-order valence-corrected chi connectivity index (χ2v) is 4.93. The summed E-state index contributed by atoms with van der Waals surface area (Å²) in [6.07, 6.45) is 4.37. The minimum absolute atomic E-state index is 0.132. The third-order valence-corrected chi connectivity index (χ3v) is 2.13. The summed E-state index contributed by atoms with van der Waals surface area (Å²) in [5.41, 5.74) is 1.15. The summed E-state index contributed by atoms with van der Waals surface area (Å²) < 4.78 is 1.92. The van der Waals surface area contributed by atoms with Gasteiger partial charge in [-0.1, -0.05) is 18.6 Å². The van der Waals surface area contributed by atoms with E-state index < -0.39 is 0 Å². The number of aromatic nitrogens is 3. The zero-order valence-corrected chi connectivity index (χ0v) is 10.2. The number of hydrogen-bond donors (Lipinski definition) is 1. The van der Waals surface area contributed by atoms with Gasteiger partial charge in [-0.25, -0.2) is 0 Å². The molecule has 0 saturated carbocycles. The summed E-state index contributed by atoms with van der Waals surface area (Å²) >= 11 is 0. The van der Waals surface area contributed by atoms with Crippen molar-refractivity contribution in [2.75, 3.05) is 0 Å². The van der Waals surface area contributed by atoms with Crippen molar-refractivity contribution in [3.05, 3.63) is 11.9 Å². The van der Waals surface area contributed by atoms with Crippen LogP contribution in [0.15, 0.2) is 6.20 Å². The van der Waals surface area contributed by atoms with Crippen LogP contribution >= 0.6 is 0 Å². The normalized spacial score (nSPS) is 12.0. The van der Waals surface area contributed by atoms with Gasteiger partial charge in [0.25, 0.3) is 0 Å². The van der Waals surface area contributed by atoms with Crippen molar-refractivity contribution in [3.8, 4) is 0 Å². The van der Waals surface area contributed by atoms with E-state index in [1.54, 1.807) is 0 Å². The van der Waals surface area contributed by atoms with Crippen LogP contribution in [0.25, 0.3) is 0 Å². The molecule has 0 saturated heterocycles. The van der Waals surface area contributed by atoms with E-state index >= 15 is 0 Å². The molecule has 86 valence electrons. The summed E-state index contributed by atoms with van der Waals surface area (Å²) in [6.45, 7) is 10.4. The first-order chi connectivity index (χ1) is 7.01. The summed E-state index contributed by atoms with van der Waals surface area (Å²) in [7, 11) is 0. The van der Waals surface area contributed by atoms with Gasteiger partial charge in [0.2, 0.25) is 0 Å². The molecule has 1 aromatic rings. The maximum Gasteiger partial charge on any atom is 0.0965 e. The lowest BCUT2D eigenvalue weighted by atomic mass is 10.1. The molecule has 0 aliphatic carbocycles. The predicted molar refractivity (Wildman–Crippen MR) is 61.5 cm³/mol. The molecule has 1 rings (SSSR count). The third-order valence-electron chi connectivity index (χ3n) is 2.13. The number of rotatable bonds is 5. The molecule has 0 amide bonds. The minimum atomic E-state index is 0.132. The summed E-state index contributed by atoms with van der Waals surface area (Å²) in [4.78, 5) is 0. The van der Waals surface area contributed by atoms with Crippen LogP contribution in [0.1, 0.15) is 46.2 Å². The average Bonchev–Trinajstić information content (AvgIpc) is 2.58. The largest absolute Gasteiger partial charge is 0.306 e. The first-order valence-electron chi connectivity index (χ1n) is 5.65. The molecule has 0 radical (unpaired) electrons. The van der Waals surface area contributed by atoms with Crippen LogP contribution in [0.5, 0.6) is 0 Å². The van der Waals surface area contributed by atoms with E-state index in [-0.39, 0.29) is 5.54 Å². The van der Waals surface area contributed by atoms with E-state index in [9.17, 15) is 0 Å². The second kappa shape index (κ2) is 5.26. The molecule has 0 bridgehead atoms. The highest BCUT2D eigenvalue weighted by Gasteiger charge is 2.09. The summed E-state index contributed by atoms with van der Waals surface area (Å²) in [5, 5.41) is 11.6. The second-order valence-electron chi connectivity index (χ2n) is 4.93. The maximum atomic E-state index is 4.12. The molecule has 0 aliphatic heterocycles. The molecule has 0 atom stereocenters. The fourth-order valence-corrected chi connectivity index (χ4v) is 1.20. The van der Waals surface area contributed by atoms with Crippen LogP contribution in [0.4, 0.5) is 0 Å². The van der Waals surface area contributed by atoms with E-state index in [2.05, 4.69) is 43.3 Å². The van der Waals surface area contributed by atoms with Gasteiger partial charge in [-0.05, 0) is 27.2 Å². The SMILES string of the molecule is CCCCn1cc(CNC(C)(C)C)nn1. The van der Waals surface area contributed by atoms with Crippen LogP contribution in [0.2, 0.25) is 0 Å². The van der Waals surface area contributed by atoms with Crippen molar-refractivity contribution >= 4 is 0 Å². The van der Waals surface area contributed by atoms with Crippen molar-refractivity contribution in [3.63, 3.8) is 0 Å². The monoisotopic (exact) mass is 210 g/mol. The number of aryl methyl sites for hydroxylation is 1. The Bertz CT molecular complexity index is 285. The number of unbranched alkanes of at least 4 members (excludes halogenated alkanes) is 1. The predicted octanol–water partition coefficient (Wildman–Crippen LogP) is 1.97. The first-order valence-corrected chi connectivity index (χ1v) is 5.65. The quantitative estimate of drug-likeness (QED) is 0.808. The first kappa shape index (κ1) is 12.2. The van der Waals surface area contributed by atoms with Gasteiger partial charge in [0.05, 0.1) is 5.69 Å². The zero-order chi connectivity index (χ0) is 11.3. The minimum Gasteiger partial charge on any atom is -0.306 e. The van der Waals surface area contributed by atoms with E-state index in [0.29, 0.717) is 0 Å². The summed E-state index contributed by atoms with van der Waals surface area (Å²) in [5.74, 6) is 0. The van der Waals surface area contributed by atoms with Crippen LogP contribution in [-0.4, -0.2) is 20.5 Å². The van der Waals surface area contributed by atoms with E-state index in [1.807, 2.05) is 10.9 Å². The number of nitrogens with zero attached hydrogens (tertiary/aromatic N) is 3. The Balaban J connectivity index is 2.39. The highest BCUT2D eigenvalue weighted by atomic mass is 15.4. The van der Waals surface area contributed by atoms with E-state index in [0.717, 1.165) is 25.2 Å². The van der Waals surface area contributed by atoms with Crippen molar-refractivity contribution in [1.29, 1.82) is 0 Å². The molecule has 1 aromatic heterocycles. The number of nitrogens with one attached hydrogen (secondary N) is 1. The van der Waals surface area contributed by atoms with Crippen molar-refractivity contribution in [2.24, 2.45) is 0 Å². The van der Waals surface area contributed by atoms with Crippen LogP contribution < -0.4 is 5.32 Å². The fourth-order valence-electron chi connectivity index (χ4n) is 1.20. The molecular formula is C11H22N4. The standard InChI is InChI=1S/C11H22N4/c1-5-6-7-15-9-10(13-14-15)8-12-11(2,3)4/h9,12H,5-8H2,1-4H3. The van der Waals surface area contributed by atoms with E-state index in [4.69, 9.17) is 0 Å². The lowest BCUT2D eigenvalue weighted by Crippen LogP contribution is -2.35. The lowest BCUT2D eigenvalue weighted by molar-refractivity contribution is 0.421. The Labute approximate surface area is 92.1 Å². The van der Waals surface area contributed by atoms with E-state index in [1.165, 1.54) is 6.42 Å². The fraction of sp³-hybridized carbons (Fsp3) is 0.818. The molecule has 0 fully saturated rings. The Morgan fingerprint density at radius 3 is 2.73 bits per heavy atom. The Morgan fingerprint density at radius 1 is 1.40 bits per heavy atom. The molecule has 4 heteroatoms. The lowest BCUT2D eigenvalue weighted by Gasteiger charge is -2.19.